The fraction of sp³-hybridized carbons (Fsp3) is 0.250. The average Bonchev–Trinajstić information content (AvgIpc) is 3.44. The molecule has 3 aromatic rings. The monoisotopic (exact) mass is 416 g/mol. The van der Waals surface area contributed by atoms with E-state index in [1.54, 1.807) is 6.07 Å². The molecular formula is C20H17FN2O5S. The molecule has 0 amide bonds. The molecule has 0 saturated heterocycles. The van der Waals surface area contributed by atoms with Crippen molar-refractivity contribution in [3.05, 3.63) is 48.3 Å². The lowest BCUT2D eigenvalue weighted by Gasteiger charge is -2.18. The molecule has 1 aliphatic heterocycles. The molecule has 150 valence electrons. The zero-order valence-electron chi connectivity index (χ0n) is 15.2. The number of oxazole rings is 1. The maximum atomic E-state index is 13.3. The van der Waals surface area contributed by atoms with Gasteiger partial charge in [-0.15, -0.1) is 0 Å². The maximum Gasteiger partial charge on any atom is 0.234 e. The van der Waals surface area contributed by atoms with E-state index in [4.69, 9.17) is 13.9 Å². The first-order valence-electron chi connectivity index (χ1n) is 9.19. The number of fused-ring (bicyclic) bond motifs is 1. The maximum absolute atomic E-state index is 13.3. The van der Waals surface area contributed by atoms with Crippen molar-refractivity contribution in [1.82, 2.24) is 4.98 Å². The van der Waals surface area contributed by atoms with E-state index >= 15 is 0 Å². The van der Waals surface area contributed by atoms with E-state index in [2.05, 4.69) is 10.3 Å². The Bertz CT molecular complexity index is 1170. The second-order valence-corrected chi connectivity index (χ2v) is 8.75. The van der Waals surface area contributed by atoms with Gasteiger partial charge < -0.3 is 19.2 Å². The molecule has 29 heavy (non-hydrogen) atoms. The van der Waals surface area contributed by atoms with Gasteiger partial charge in [0.2, 0.25) is 26.6 Å². The molecule has 5 rings (SSSR count). The number of hydrogen-bond donors (Lipinski definition) is 1. The molecule has 0 atom stereocenters. The number of hydrogen-bond acceptors (Lipinski definition) is 7. The van der Waals surface area contributed by atoms with Gasteiger partial charge in [0.15, 0.2) is 11.5 Å². The van der Waals surface area contributed by atoms with Crippen LogP contribution in [0.15, 0.2) is 56.8 Å². The van der Waals surface area contributed by atoms with Crippen LogP contribution in [0.1, 0.15) is 12.8 Å². The fourth-order valence-corrected chi connectivity index (χ4v) is 4.29. The van der Waals surface area contributed by atoms with Crippen molar-refractivity contribution in [3.63, 3.8) is 0 Å². The van der Waals surface area contributed by atoms with Gasteiger partial charge in [0, 0.05) is 17.7 Å². The molecule has 7 nitrogen and oxygen atoms in total. The number of nitrogens with one attached hydrogen (secondary N) is 1. The first-order chi connectivity index (χ1) is 14.0. The Kier molecular flexibility index (Phi) is 4.20. The first kappa shape index (κ1) is 18.0. The molecule has 9 heteroatoms. The third kappa shape index (κ3) is 3.42. The van der Waals surface area contributed by atoms with Crippen LogP contribution in [0, 0.1) is 5.82 Å². The minimum atomic E-state index is -3.99. The molecule has 0 radical (unpaired) electrons. The molecule has 1 aromatic heterocycles. The number of anilines is 1. The number of ether oxygens (including phenoxy) is 2. The first-order valence-corrected chi connectivity index (χ1v) is 10.7. The van der Waals surface area contributed by atoms with Crippen LogP contribution < -0.4 is 14.8 Å². The van der Waals surface area contributed by atoms with E-state index in [0.717, 1.165) is 12.8 Å². The minimum Gasteiger partial charge on any atom is -0.486 e. The van der Waals surface area contributed by atoms with Gasteiger partial charge in [-0.3, -0.25) is 0 Å². The largest absolute Gasteiger partial charge is 0.486 e. The van der Waals surface area contributed by atoms with Gasteiger partial charge in [0.25, 0.3) is 0 Å². The Balaban J connectivity index is 1.58. The summed E-state index contributed by atoms with van der Waals surface area (Å²) in [6.07, 6.45) is 1.85. The Morgan fingerprint density at radius 2 is 1.72 bits per heavy atom. The Morgan fingerprint density at radius 3 is 2.45 bits per heavy atom. The SMILES string of the molecule is O=S(=O)(c1ccc2c(c1)OCCO2)c1nc(-c2ccc(F)cc2)oc1NC1CC1. The molecule has 0 bridgehead atoms. The van der Waals surface area contributed by atoms with Gasteiger partial charge in [-0.2, -0.15) is 4.98 Å². The molecule has 2 aliphatic rings. The van der Waals surface area contributed by atoms with Gasteiger partial charge in [0.05, 0.1) is 4.90 Å². The molecule has 1 saturated carbocycles. The van der Waals surface area contributed by atoms with Crippen LogP contribution in [0.25, 0.3) is 11.5 Å². The number of benzene rings is 2. The number of halogens is 1. The highest BCUT2D eigenvalue weighted by atomic mass is 32.2. The number of rotatable bonds is 5. The van der Waals surface area contributed by atoms with Gasteiger partial charge in [-0.25, -0.2) is 12.8 Å². The summed E-state index contributed by atoms with van der Waals surface area (Å²) in [4.78, 5) is 4.27. The third-order valence-electron chi connectivity index (χ3n) is 4.68. The van der Waals surface area contributed by atoms with Crippen LogP contribution >= 0.6 is 0 Å². The zero-order valence-corrected chi connectivity index (χ0v) is 16.0. The summed E-state index contributed by atoms with van der Waals surface area (Å²) in [5.41, 5.74) is 0.480. The molecule has 0 unspecified atom stereocenters. The summed E-state index contributed by atoms with van der Waals surface area (Å²) in [5.74, 6) is 0.654. The minimum absolute atomic E-state index is 0.0274. The summed E-state index contributed by atoms with van der Waals surface area (Å²) in [7, 11) is -3.99. The van der Waals surface area contributed by atoms with Gasteiger partial charge in [-0.1, -0.05) is 0 Å². The van der Waals surface area contributed by atoms with Gasteiger partial charge >= 0.3 is 0 Å². The highest BCUT2D eigenvalue weighted by molar-refractivity contribution is 7.91. The highest BCUT2D eigenvalue weighted by Crippen LogP contribution is 2.38. The molecule has 1 N–H and O–H groups in total. The van der Waals surface area contributed by atoms with Crippen LogP contribution in [0.2, 0.25) is 0 Å². The van der Waals surface area contributed by atoms with Crippen molar-refractivity contribution in [3.8, 4) is 23.0 Å². The number of sulfone groups is 1. The highest BCUT2D eigenvalue weighted by Gasteiger charge is 2.33. The second-order valence-electron chi connectivity index (χ2n) is 6.89. The Hall–Kier alpha value is -3.07. The summed E-state index contributed by atoms with van der Waals surface area (Å²) in [6, 6.07) is 10.1. The van der Waals surface area contributed by atoms with Crippen LogP contribution in [0.4, 0.5) is 10.3 Å². The van der Waals surface area contributed by atoms with E-state index in [0.29, 0.717) is 30.3 Å². The fourth-order valence-electron chi connectivity index (χ4n) is 3.01. The lowest BCUT2D eigenvalue weighted by atomic mass is 10.2. The third-order valence-corrected chi connectivity index (χ3v) is 6.34. The van der Waals surface area contributed by atoms with Crippen LogP contribution in [0.5, 0.6) is 11.5 Å². The lowest BCUT2D eigenvalue weighted by molar-refractivity contribution is 0.171. The average molecular weight is 416 g/mol. The van der Waals surface area contributed by atoms with E-state index in [-0.39, 0.29) is 27.7 Å². The predicted molar refractivity (Wildman–Crippen MR) is 101 cm³/mol. The van der Waals surface area contributed by atoms with E-state index in [1.165, 1.54) is 36.4 Å². The van der Waals surface area contributed by atoms with Crippen LogP contribution in [-0.4, -0.2) is 32.7 Å². The summed E-state index contributed by atoms with van der Waals surface area (Å²) < 4.78 is 56.6. The molecule has 1 aliphatic carbocycles. The lowest BCUT2D eigenvalue weighted by Crippen LogP contribution is -2.16. The topological polar surface area (TPSA) is 90.7 Å². The molecule has 0 spiro atoms. The van der Waals surface area contributed by atoms with Gasteiger partial charge in [0.1, 0.15) is 19.0 Å². The summed E-state index contributed by atoms with van der Waals surface area (Å²) in [6.45, 7) is 0.766. The normalized spacial score (nSPS) is 15.9. The van der Waals surface area contributed by atoms with Crippen molar-refractivity contribution >= 4 is 15.7 Å². The molecular weight excluding hydrogens is 399 g/mol. The van der Waals surface area contributed by atoms with E-state index in [9.17, 15) is 12.8 Å². The standard InChI is InChI=1S/C20H17FN2O5S/c21-13-3-1-12(2-4-13)18-23-20(19(28-18)22-14-5-6-14)29(24,25)15-7-8-16-17(11-15)27-10-9-26-16/h1-4,7-8,11,14,22H,5-6,9-10H2. The Morgan fingerprint density at radius 1 is 1.00 bits per heavy atom. The van der Waals surface area contributed by atoms with Crippen molar-refractivity contribution in [2.75, 3.05) is 18.5 Å². The molecule has 2 heterocycles. The van der Waals surface area contributed by atoms with Crippen molar-refractivity contribution in [2.24, 2.45) is 0 Å². The molecule has 1 fully saturated rings. The van der Waals surface area contributed by atoms with Crippen molar-refractivity contribution in [1.29, 1.82) is 0 Å². The van der Waals surface area contributed by atoms with Crippen molar-refractivity contribution in [2.45, 2.75) is 28.8 Å². The number of aromatic nitrogens is 1. The van der Waals surface area contributed by atoms with E-state index in [1.807, 2.05) is 0 Å². The second kappa shape index (κ2) is 6.77. The quantitative estimate of drug-likeness (QED) is 0.679. The molecule has 2 aromatic carbocycles. The Labute approximate surface area is 166 Å². The van der Waals surface area contributed by atoms with E-state index < -0.39 is 15.7 Å². The zero-order chi connectivity index (χ0) is 20.0. The van der Waals surface area contributed by atoms with Crippen molar-refractivity contribution < 1.29 is 26.7 Å². The smallest absolute Gasteiger partial charge is 0.234 e. The summed E-state index contributed by atoms with van der Waals surface area (Å²) in [5, 5.41) is 2.88. The van der Waals surface area contributed by atoms with Crippen LogP contribution in [0.3, 0.4) is 0 Å². The van der Waals surface area contributed by atoms with Gasteiger partial charge in [-0.05, 0) is 49.2 Å². The number of nitrogens with zero attached hydrogens (tertiary/aromatic N) is 1. The predicted octanol–water partition coefficient (Wildman–Crippen LogP) is 3.66. The van der Waals surface area contributed by atoms with Crippen LogP contribution in [-0.2, 0) is 9.84 Å². The summed E-state index contributed by atoms with van der Waals surface area (Å²) >= 11 is 0.